The number of likely N-dealkylation sites (N-methyl/N-ethyl adjacent to an activating group) is 1. The molecular formula is C30H44N2O7S. The molecule has 1 aromatic carbocycles. The highest BCUT2D eigenvalue weighted by molar-refractivity contribution is 7.98. The van der Waals surface area contributed by atoms with Gasteiger partial charge in [-0.3, -0.25) is 0 Å². The van der Waals surface area contributed by atoms with Gasteiger partial charge in [0.2, 0.25) is 0 Å². The molecule has 0 aliphatic heterocycles. The molecule has 4 saturated carbocycles. The molecule has 5 rings (SSSR count). The molecule has 1 aromatic rings. The molecule has 0 radical (unpaired) electrons. The van der Waals surface area contributed by atoms with Crippen molar-refractivity contribution in [2.45, 2.75) is 77.1 Å². The fraction of sp³-hybridized carbons (Fsp3) is 0.733. The second-order valence-corrected chi connectivity index (χ2v) is 13.0. The molecule has 4 atom stereocenters. The summed E-state index contributed by atoms with van der Waals surface area (Å²) >= 11 is 1.13. The molecule has 9 nitrogen and oxygen atoms in total. The Hall–Kier alpha value is -2.17. The largest absolute Gasteiger partial charge is 0.492 e. The first-order valence-electron chi connectivity index (χ1n) is 14.5. The molecule has 4 unspecified atom stereocenters. The van der Waals surface area contributed by atoms with Crippen LogP contribution in [0, 0.1) is 35.0 Å². The molecule has 222 valence electrons. The Morgan fingerprint density at radius 3 is 2.45 bits per heavy atom. The van der Waals surface area contributed by atoms with E-state index in [4.69, 9.17) is 18.9 Å². The third kappa shape index (κ3) is 7.18. The number of carbonyl (C=O) groups excluding carboxylic acids is 2. The van der Waals surface area contributed by atoms with Gasteiger partial charge in [0.05, 0.1) is 0 Å². The van der Waals surface area contributed by atoms with Crippen molar-refractivity contribution in [2.75, 3.05) is 40.5 Å². The summed E-state index contributed by atoms with van der Waals surface area (Å²) in [5.74, 6) is 1.89. The minimum absolute atomic E-state index is 0.0853. The van der Waals surface area contributed by atoms with Gasteiger partial charge in [-0.1, -0.05) is 13.3 Å². The van der Waals surface area contributed by atoms with E-state index in [0.29, 0.717) is 30.1 Å². The predicted octanol–water partition coefficient (Wildman–Crippen LogP) is 5.35. The summed E-state index contributed by atoms with van der Waals surface area (Å²) in [6, 6.07) is 3.75. The van der Waals surface area contributed by atoms with E-state index in [9.17, 15) is 14.5 Å². The van der Waals surface area contributed by atoms with Gasteiger partial charge in [0.15, 0.2) is 0 Å². The van der Waals surface area contributed by atoms with Gasteiger partial charge in [-0.25, -0.2) is 9.59 Å². The number of rotatable bonds is 15. The van der Waals surface area contributed by atoms with Crippen LogP contribution in [0.4, 0.5) is 0 Å². The van der Waals surface area contributed by atoms with Gasteiger partial charge >= 0.3 is 11.9 Å². The van der Waals surface area contributed by atoms with Crippen LogP contribution in [0.25, 0.3) is 0 Å². The second-order valence-electron chi connectivity index (χ2n) is 12.2. The van der Waals surface area contributed by atoms with Crippen molar-refractivity contribution in [3.63, 3.8) is 0 Å². The van der Waals surface area contributed by atoms with Crippen LogP contribution < -0.4 is 9.47 Å². The topological polar surface area (TPSA) is 104 Å². The van der Waals surface area contributed by atoms with E-state index in [0.717, 1.165) is 73.9 Å². The summed E-state index contributed by atoms with van der Waals surface area (Å²) in [6.45, 7) is 6.56. The zero-order chi connectivity index (χ0) is 28.9. The van der Waals surface area contributed by atoms with Crippen LogP contribution in [-0.4, -0.2) is 68.7 Å². The number of benzene rings is 1. The quantitative estimate of drug-likeness (QED) is 0.118. The molecule has 10 heteroatoms. The lowest BCUT2D eigenvalue weighted by molar-refractivity contribution is -0.173. The van der Waals surface area contributed by atoms with Crippen molar-refractivity contribution in [2.24, 2.45) is 27.8 Å². The number of nitrogens with zero attached hydrogens (tertiary/aromatic N) is 2. The van der Waals surface area contributed by atoms with Gasteiger partial charge in [-0.2, -0.15) is 0 Å². The van der Waals surface area contributed by atoms with E-state index in [1.807, 2.05) is 40.1 Å². The maximum atomic E-state index is 12.7. The highest BCUT2D eigenvalue weighted by Crippen LogP contribution is 2.64. The first kappa shape index (κ1) is 30.8. The van der Waals surface area contributed by atoms with E-state index in [-0.39, 0.29) is 30.0 Å². The SMILES string of the molecule is CCCc1cc(OC(=O)COCC(=O)OC(C)C23CC4CC(CC(C4)C2SN=O)C3)c(C)cc1OCCN(C)C. The number of hydrogen-bond acceptors (Lipinski definition) is 10. The normalized spacial score (nSPS) is 27.4. The van der Waals surface area contributed by atoms with Crippen LogP contribution in [0.2, 0.25) is 0 Å². The maximum absolute atomic E-state index is 12.7. The average molecular weight is 577 g/mol. The van der Waals surface area contributed by atoms with Crippen molar-refractivity contribution in [1.29, 1.82) is 0 Å². The van der Waals surface area contributed by atoms with Gasteiger partial charge in [0, 0.05) is 33.7 Å². The summed E-state index contributed by atoms with van der Waals surface area (Å²) in [7, 11) is 4.00. The number of aryl methyl sites for hydroxylation is 2. The first-order valence-corrected chi connectivity index (χ1v) is 15.4. The summed E-state index contributed by atoms with van der Waals surface area (Å²) in [4.78, 5) is 38.5. The van der Waals surface area contributed by atoms with Crippen LogP contribution >= 0.6 is 11.9 Å². The monoisotopic (exact) mass is 576 g/mol. The molecule has 4 fully saturated rings. The van der Waals surface area contributed by atoms with Crippen LogP contribution in [0.3, 0.4) is 0 Å². The Balaban J connectivity index is 1.27. The Kier molecular flexibility index (Phi) is 10.5. The molecule has 0 saturated heterocycles. The molecule has 4 aliphatic rings. The lowest BCUT2D eigenvalue weighted by atomic mass is 9.48. The second kappa shape index (κ2) is 13.7. The first-order chi connectivity index (χ1) is 19.1. The zero-order valence-corrected chi connectivity index (χ0v) is 25.3. The Morgan fingerprint density at radius 1 is 1.10 bits per heavy atom. The third-order valence-corrected chi connectivity index (χ3v) is 10.1. The maximum Gasteiger partial charge on any atom is 0.337 e. The van der Waals surface area contributed by atoms with Gasteiger partial charge < -0.3 is 23.8 Å². The number of carbonyl (C=O) groups is 2. The van der Waals surface area contributed by atoms with Crippen LogP contribution in [0.5, 0.6) is 11.5 Å². The fourth-order valence-electron chi connectivity index (χ4n) is 7.33. The van der Waals surface area contributed by atoms with E-state index < -0.39 is 11.9 Å². The van der Waals surface area contributed by atoms with E-state index in [1.165, 1.54) is 6.42 Å². The molecule has 0 amide bonds. The number of nitroso groups, excluding NO2 is 1. The van der Waals surface area contributed by atoms with Crippen molar-refractivity contribution in [3.05, 3.63) is 28.2 Å². The highest BCUT2D eigenvalue weighted by Gasteiger charge is 2.60. The number of hydrogen-bond donors (Lipinski definition) is 0. The number of ether oxygens (including phenoxy) is 4. The van der Waals surface area contributed by atoms with Crippen molar-refractivity contribution in [1.82, 2.24) is 4.90 Å². The minimum Gasteiger partial charge on any atom is -0.492 e. The lowest BCUT2D eigenvalue weighted by Gasteiger charge is -2.61. The standard InChI is InChI=1S/C30H44N2O7S/c1-6-7-23-14-25(19(2)10-26(23)37-9-8-32(4)5)39-28(34)18-36-17-27(33)38-20(3)30-15-21-11-22(16-30)13-24(12-21)29(30)40-31-35/h10,14,20-22,24,29H,6-9,11-13,15-18H2,1-5H3. The Bertz CT molecular complexity index is 1050. The smallest absolute Gasteiger partial charge is 0.337 e. The summed E-state index contributed by atoms with van der Waals surface area (Å²) in [5.41, 5.74) is 1.55. The van der Waals surface area contributed by atoms with Gasteiger partial charge in [-0.05, 0) is 107 Å². The lowest BCUT2D eigenvalue weighted by Crippen LogP contribution is -2.59. The highest BCUT2D eigenvalue weighted by atomic mass is 32.2. The molecule has 40 heavy (non-hydrogen) atoms. The van der Waals surface area contributed by atoms with Gasteiger partial charge in [0.25, 0.3) is 0 Å². The average Bonchev–Trinajstić information content (AvgIpc) is 2.88. The van der Waals surface area contributed by atoms with Crippen LogP contribution in [0.15, 0.2) is 16.7 Å². The summed E-state index contributed by atoms with van der Waals surface area (Å²) in [6.07, 6.45) is 6.84. The van der Waals surface area contributed by atoms with Crippen LogP contribution in [-0.2, 0) is 25.5 Å². The Morgan fingerprint density at radius 2 is 1.80 bits per heavy atom. The zero-order valence-electron chi connectivity index (χ0n) is 24.5. The molecule has 0 spiro atoms. The molecule has 0 N–H and O–H groups in total. The Labute approximate surface area is 242 Å². The van der Waals surface area contributed by atoms with Gasteiger partial charge in [-0.15, -0.1) is 4.91 Å². The summed E-state index contributed by atoms with van der Waals surface area (Å²) in [5, 5.41) is 0.0853. The minimum atomic E-state index is -0.581. The molecule has 4 bridgehead atoms. The van der Waals surface area contributed by atoms with Crippen molar-refractivity contribution < 1.29 is 28.5 Å². The van der Waals surface area contributed by atoms with Crippen molar-refractivity contribution in [3.8, 4) is 11.5 Å². The fourth-order valence-corrected chi connectivity index (χ4v) is 8.41. The molecule has 0 aromatic heterocycles. The van der Waals surface area contributed by atoms with E-state index in [2.05, 4.69) is 16.4 Å². The van der Waals surface area contributed by atoms with Gasteiger partial charge in [0.1, 0.15) is 37.4 Å². The molecule has 4 aliphatic carbocycles. The predicted molar refractivity (Wildman–Crippen MR) is 154 cm³/mol. The van der Waals surface area contributed by atoms with Crippen molar-refractivity contribution >= 4 is 23.9 Å². The number of esters is 2. The van der Waals surface area contributed by atoms with Crippen LogP contribution in [0.1, 0.15) is 63.5 Å². The molecule has 0 heterocycles. The van der Waals surface area contributed by atoms with E-state index in [1.54, 1.807) is 0 Å². The summed E-state index contributed by atoms with van der Waals surface area (Å²) < 4.78 is 26.0. The van der Waals surface area contributed by atoms with E-state index >= 15 is 0 Å². The third-order valence-electron chi connectivity index (χ3n) is 8.88. The molecular weight excluding hydrogens is 532 g/mol.